The molecule has 2 aromatic heterocycles. The van der Waals surface area contributed by atoms with E-state index >= 15 is 0 Å². The van der Waals surface area contributed by atoms with Crippen LogP contribution in [-0.4, -0.2) is 15.9 Å². The molecule has 114 valence electrons. The normalized spacial score (nSPS) is 10.3. The number of H-pyrrole nitrogens is 1. The number of aromatic nitrogens is 2. The number of pyridine rings is 2. The Hall–Kier alpha value is -3.21. The molecule has 0 fully saturated rings. The van der Waals surface area contributed by atoms with Gasteiger partial charge in [-0.25, -0.2) is 0 Å². The summed E-state index contributed by atoms with van der Waals surface area (Å²) in [6.07, 6.45) is 3.29. The van der Waals surface area contributed by atoms with Gasteiger partial charge in [-0.3, -0.25) is 14.6 Å². The highest BCUT2D eigenvalue weighted by Crippen LogP contribution is 2.13. The third-order valence-electron chi connectivity index (χ3n) is 3.44. The van der Waals surface area contributed by atoms with Crippen molar-refractivity contribution in [2.24, 2.45) is 0 Å². The van der Waals surface area contributed by atoms with Crippen LogP contribution in [0.5, 0.6) is 0 Å². The lowest BCUT2D eigenvalue weighted by Gasteiger charge is -2.06. The van der Waals surface area contributed by atoms with Crippen LogP contribution in [0.2, 0.25) is 0 Å². The van der Waals surface area contributed by atoms with Gasteiger partial charge in [0.25, 0.3) is 11.5 Å². The van der Waals surface area contributed by atoms with E-state index in [0.29, 0.717) is 12.2 Å². The zero-order valence-electron chi connectivity index (χ0n) is 12.3. The van der Waals surface area contributed by atoms with Crippen molar-refractivity contribution in [3.05, 3.63) is 88.5 Å². The largest absolute Gasteiger partial charge is 0.348 e. The van der Waals surface area contributed by atoms with Crippen LogP contribution >= 0.6 is 0 Å². The standard InChI is InChI=1S/C18H15N3O2/c22-17(20-12-13-4-2-1-3-5-13)15-6-7-16(21-18(15)23)14-8-10-19-11-9-14/h1-11H,12H2,(H,20,22)(H,21,23). The van der Waals surface area contributed by atoms with Gasteiger partial charge in [0.05, 0.1) is 0 Å². The highest BCUT2D eigenvalue weighted by molar-refractivity contribution is 5.94. The van der Waals surface area contributed by atoms with Crippen LogP contribution < -0.4 is 10.9 Å². The molecule has 5 heteroatoms. The minimum Gasteiger partial charge on any atom is -0.348 e. The molecule has 0 saturated heterocycles. The molecule has 0 aliphatic heterocycles. The van der Waals surface area contributed by atoms with E-state index in [1.807, 2.05) is 30.3 Å². The number of nitrogens with one attached hydrogen (secondary N) is 2. The van der Waals surface area contributed by atoms with Gasteiger partial charge in [0.15, 0.2) is 0 Å². The van der Waals surface area contributed by atoms with Gasteiger partial charge >= 0.3 is 0 Å². The van der Waals surface area contributed by atoms with Crippen LogP contribution in [0.4, 0.5) is 0 Å². The lowest BCUT2D eigenvalue weighted by Crippen LogP contribution is -2.29. The van der Waals surface area contributed by atoms with E-state index in [4.69, 9.17) is 0 Å². The van der Waals surface area contributed by atoms with Gasteiger partial charge in [0.1, 0.15) is 5.56 Å². The van der Waals surface area contributed by atoms with Gasteiger partial charge in [-0.2, -0.15) is 0 Å². The number of hydrogen-bond acceptors (Lipinski definition) is 3. The molecule has 2 N–H and O–H groups in total. The molecule has 0 radical (unpaired) electrons. The minimum atomic E-state index is -0.412. The quantitative estimate of drug-likeness (QED) is 0.777. The summed E-state index contributed by atoms with van der Waals surface area (Å²) < 4.78 is 0. The summed E-state index contributed by atoms with van der Waals surface area (Å²) in [5, 5.41) is 2.75. The number of carbonyl (C=O) groups excluding carboxylic acids is 1. The van der Waals surface area contributed by atoms with E-state index in [-0.39, 0.29) is 5.56 Å². The van der Waals surface area contributed by atoms with Crippen molar-refractivity contribution in [3.8, 4) is 11.3 Å². The summed E-state index contributed by atoms with van der Waals surface area (Å²) in [5.41, 5.74) is 2.15. The first-order valence-corrected chi connectivity index (χ1v) is 7.20. The number of carbonyl (C=O) groups is 1. The van der Waals surface area contributed by atoms with Gasteiger partial charge in [0.2, 0.25) is 0 Å². The molecule has 1 aromatic carbocycles. The van der Waals surface area contributed by atoms with Crippen LogP contribution in [0.25, 0.3) is 11.3 Å². The fourth-order valence-corrected chi connectivity index (χ4v) is 2.23. The van der Waals surface area contributed by atoms with Crippen molar-refractivity contribution < 1.29 is 4.79 Å². The van der Waals surface area contributed by atoms with Crippen LogP contribution in [0.3, 0.4) is 0 Å². The number of nitrogens with zero attached hydrogens (tertiary/aromatic N) is 1. The van der Waals surface area contributed by atoms with Crippen LogP contribution in [0.1, 0.15) is 15.9 Å². The Morgan fingerprint density at radius 3 is 2.43 bits per heavy atom. The topological polar surface area (TPSA) is 74.8 Å². The number of hydrogen-bond donors (Lipinski definition) is 2. The van der Waals surface area contributed by atoms with Crippen LogP contribution in [0, 0.1) is 0 Å². The molecular formula is C18H15N3O2. The molecule has 1 amide bonds. The average Bonchev–Trinajstić information content (AvgIpc) is 2.61. The maximum Gasteiger partial charge on any atom is 0.261 e. The second-order valence-electron chi connectivity index (χ2n) is 5.02. The molecule has 0 spiro atoms. The molecule has 0 atom stereocenters. The third-order valence-corrected chi connectivity index (χ3v) is 3.44. The smallest absolute Gasteiger partial charge is 0.261 e. The lowest BCUT2D eigenvalue weighted by atomic mass is 10.1. The first kappa shape index (κ1) is 14.7. The molecule has 0 unspecified atom stereocenters. The predicted octanol–water partition coefficient (Wildman–Crippen LogP) is 2.37. The van der Waals surface area contributed by atoms with E-state index in [1.165, 1.54) is 6.07 Å². The molecule has 5 nitrogen and oxygen atoms in total. The average molecular weight is 305 g/mol. The van der Waals surface area contributed by atoms with E-state index in [2.05, 4.69) is 15.3 Å². The highest BCUT2D eigenvalue weighted by Gasteiger charge is 2.11. The molecule has 23 heavy (non-hydrogen) atoms. The first-order chi connectivity index (χ1) is 11.2. The first-order valence-electron chi connectivity index (χ1n) is 7.20. The summed E-state index contributed by atoms with van der Waals surface area (Å²) in [6.45, 7) is 0.380. The van der Waals surface area contributed by atoms with E-state index in [1.54, 1.807) is 30.6 Å². The third kappa shape index (κ3) is 3.52. The fraction of sp³-hybridized carbons (Fsp3) is 0.0556. The van der Waals surface area contributed by atoms with Gasteiger partial charge in [-0.05, 0) is 29.8 Å². The lowest BCUT2D eigenvalue weighted by molar-refractivity contribution is 0.0949. The number of benzene rings is 1. The van der Waals surface area contributed by atoms with E-state index in [9.17, 15) is 9.59 Å². The second-order valence-corrected chi connectivity index (χ2v) is 5.02. The second kappa shape index (κ2) is 6.70. The number of rotatable bonds is 4. The Kier molecular flexibility index (Phi) is 4.29. The fourth-order valence-electron chi connectivity index (χ4n) is 2.23. The van der Waals surface area contributed by atoms with Crippen molar-refractivity contribution >= 4 is 5.91 Å². The molecule has 0 saturated carbocycles. The molecule has 0 aliphatic rings. The molecule has 3 rings (SSSR count). The Bertz CT molecular complexity index is 858. The summed E-state index contributed by atoms with van der Waals surface area (Å²) >= 11 is 0. The monoisotopic (exact) mass is 305 g/mol. The number of aromatic amines is 1. The Labute approximate surface area is 133 Å². The maximum absolute atomic E-state index is 12.1. The molecule has 3 aromatic rings. The summed E-state index contributed by atoms with van der Waals surface area (Å²) in [7, 11) is 0. The molecule has 0 aliphatic carbocycles. The molecular weight excluding hydrogens is 290 g/mol. The van der Waals surface area contributed by atoms with Crippen molar-refractivity contribution in [2.75, 3.05) is 0 Å². The van der Waals surface area contributed by atoms with E-state index < -0.39 is 11.5 Å². The Balaban J connectivity index is 1.75. The highest BCUT2D eigenvalue weighted by atomic mass is 16.2. The van der Waals surface area contributed by atoms with Crippen molar-refractivity contribution in [1.82, 2.24) is 15.3 Å². The van der Waals surface area contributed by atoms with Crippen molar-refractivity contribution in [2.45, 2.75) is 6.54 Å². The zero-order valence-corrected chi connectivity index (χ0v) is 12.3. The van der Waals surface area contributed by atoms with Crippen molar-refractivity contribution in [3.63, 3.8) is 0 Å². The van der Waals surface area contributed by atoms with Crippen LogP contribution in [-0.2, 0) is 6.54 Å². The predicted molar refractivity (Wildman–Crippen MR) is 87.9 cm³/mol. The number of amides is 1. The van der Waals surface area contributed by atoms with Gasteiger partial charge < -0.3 is 10.3 Å². The van der Waals surface area contributed by atoms with Gasteiger partial charge in [0, 0.05) is 30.2 Å². The SMILES string of the molecule is O=C(NCc1ccccc1)c1ccc(-c2ccncc2)[nH]c1=O. The van der Waals surface area contributed by atoms with E-state index in [0.717, 1.165) is 11.1 Å². The summed E-state index contributed by atoms with van der Waals surface area (Å²) in [4.78, 5) is 30.9. The minimum absolute atomic E-state index is 0.0961. The Morgan fingerprint density at radius 1 is 1.00 bits per heavy atom. The van der Waals surface area contributed by atoms with Gasteiger partial charge in [-0.1, -0.05) is 30.3 Å². The van der Waals surface area contributed by atoms with Gasteiger partial charge in [-0.15, -0.1) is 0 Å². The van der Waals surface area contributed by atoms with Crippen molar-refractivity contribution in [1.29, 1.82) is 0 Å². The Morgan fingerprint density at radius 2 is 1.74 bits per heavy atom. The summed E-state index contributed by atoms with van der Waals surface area (Å²) in [5.74, 6) is -0.392. The molecule has 0 bridgehead atoms. The van der Waals surface area contributed by atoms with Crippen LogP contribution in [0.15, 0.2) is 71.8 Å². The molecule has 2 heterocycles. The summed E-state index contributed by atoms with van der Waals surface area (Å²) in [6, 6.07) is 16.4. The zero-order chi connectivity index (χ0) is 16.1. The maximum atomic E-state index is 12.1.